The third kappa shape index (κ3) is 2.91. The van der Waals surface area contributed by atoms with Crippen LogP contribution in [0.3, 0.4) is 0 Å². The van der Waals surface area contributed by atoms with Crippen molar-refractivity contribution in [1.29, 1.82) is 0 Å². The molecule has 0 nitrogen and oxygen atoms in total. The number of benzene rings is 1. The molecule has 0 N–H and O–H groups in total. The summed E-state index contributed by atoms with van der Waals surface area (Å²) in [4.78, 5) is 0. The minimum Gasteiger partial charge on any atom is -0.121 e. The lowest BCUT2D eigenvalue weighted by Gasteiger charge is -2.08. The van der Waals surface area contributed by atoms with Gasteiger partial charge in [-0.3, -0.25) is 0 Å². The molecule has 1 aromatic carbocycles. The second-order valence-corrected chi connectivity index (χ2v) is 8.30. The van der Waals surface area contributed by atoms with Gasteiger partial charge in [0.2, 0.25) is 0 Å². The summed E-state index contributed by atoms with van der Waals surface area (Å²) in [5.41, 5.74) is 2.19. The number of hydrogen-bond donors (Lipinski definition) is 0. The van der Waals surface area contributed by atoms with Gasteiger partial charge >= 0.3 is 0 Å². The van der Waals surface area contributed by atoms with Crippen molar-refractivity contribution in [2.24, 2.45) is 0 Å². The number of hydrogen-bond acceptors (Lipinski definition) is 1. The first-order valence-electron chi connectivity index (χ1n) is 4.42. The van der Waals surface area contributed by atoms with Crippen LogP contribution in [0.2, 0.25) is 0 Å². The normalized spacial score (nSPS) is 12.8. The van der Waals surface area contributed by atoms with Crippen LogP contribution in [0.15, 0.2) is 42.4 Å². The Balaban J connectivity index is 2.35. The summed E-state index contributed by atoms with van der Waals surface area (Å²) in [5.74, 6) is 0. The van der Waals surface area contributed by atoms with Crippen LogP contribution >= 0.6 is 70.7 Å². The van der Waals surface area contributed by atoms with Gasteiger partial charge in [0.15, 0.2) is 0 Å². The van der Waals surface area contributed by atoms with Gasteiger partial charge in [-0.1, -0.05) is 28.1 Å². The van der Waals surface area contributed by atoms with Gasteiger partial charge in [-0.05, 0) is 55.6 Å². The first kappa shape index (κ1) is 13.1. The Morgan fingerprint density at radius 1 is 1.06 bits per heavy atom. The molecule has 1 aromatic heterocycles. The highest BCUT2D eigenvalue weighted by Crippen LogP contribution is 2.40. The summed E-state index contributed by atoms with van der Waals surface area (Å²) >= 11 is 18.5. The molecule has 0 saturated heterocycles. The van der Waals surface area contributed by atoms with E-state index in [1.165, 1.54) is 0 Å². The van der Waals surface area contributed by atoms with E-state index in [9.17, 15) is 0 Å². The molecular formula is C11H6Br3ClS. The summed E-state index contributed by atoms with van der Waals surface area (Å²) in [6, 6.07) is 10.1. The highest BCUT2D eigenvalue weighted by atomic mass is 79.9. The van der Waals surface area contributed by atoms with E-state index >= 15 is 0 Å². The van der Waals surface area contributed by atoms with E-state index in [1.54, 1.807) is 11.3 Å². The van der Waals surface area contributed by atoms with E-state index in [2.05, 4.69) is 53.9 Å². The molecule has 1 heterocycles. The minimum atomic E-state index is -0.120. The van der Waals surface area contributed by atoms with Crippen molar-refractivity contribution >= 4 is 70.7 Å². The van der Waals surface area contributed by atoms with Crippen LogP contribution in [0.4, 0.5) is 0 Å². The van der Waals surface area contributed by atoms with E-state index < -0.39 is 0 Å². The van der Waals surface area contributed by atoms with E-state index in [0.717, 1.165) is 23.2 Å². The fourth-order valence-electron chi connectivity index (χ4n) is 1.34. The molecule has 0 saturated carbocycles. The summed E-state index contributed by atoms with van der Waals surface area (Å²) in [6.07, 6.45) is 0. The second kappa shape index (κ2) is 5.53. The molecule has 0 aliphatic heterocycles. The lowest BCUT2D eigenvalue weighted by atomic mass is 10.1. The predicted molar refractivity (Wildman–Crippen MR) is 81.6 cm³/mol. The Morgan fingerprint density at radius 3 is 2.19 bits per heavy atom. The van der Waals surface area contributed by atoms with Gasteiger partial charge in [0.25, 0.3) is 0 Å². The average Bonchev–Trinajstić information content (AvgIpc) is 2.58. The van der Waals surface area contributed by atoms with Crippen LogP contribution in [0, 0.1) is 0 Å². The molecule has 84 valence electrons. The summed E-state index contributed by atoms with van der Waals surface area (Å²) < 4.78 is 3.21. The van der Waals surface area contributed by atoms with Gasteiger partial charge in [-0.15, -0.1) is 22.9 Å². The van der Waals surface area contributed by atoms with Crippen molar-refractivity contribution in [3.8, 4) is 0 Å². The van der Waals surface area contributed by atoms with E-state index in [-0.39, 0.29) is 5.38 Å². The van der Waals surface area contributed by atoms with Crippen LogP contribution in [-0.4, -0.2) is 0 Å². The largest absolute Gasteiger partial charge is 0.121 e. The molecule has 0 bridgehead atoms. The maximum absolute atomic E-state index is 6.44. The van der Waals surface area contributed by atoms with Crippen molar-refractivity contribution < 1.29 is 0 Å². The molecule has 0 spiro atoms. The number of halogens is 4. The fraction of sp³-hybridized carbons (Fsp3) is 0.0909. The van der Waals surface area contributed by atoms with Crippen LogP contribution in [0.25, 0.3) is 0 Å². The molecular weight excluding hydrogens is 439 g/mol. The molecule has 1 unspecified atom stereocenters. The predicted octanol–water partition coefficient (Wildman–Crippen LogP) is 6.36. The first-order chi connectivity index (χ1) is 7.58. The van der Waals surface area contributed by atoms with Gasteiger partial charge in [0.05, 0.1) is 12.9 Å². The molecule has 0 fully saturated rings. The molecule has 0 amide bonds. The maximum atomic E-state index is 6.44. The fourth-order valence-corrected chi connectivity index (χ4v) is 5.02. The standard InChI is InChI=1S/C11H6Br3ClS/c12-7-3-1-6(2-4-7)10(15)8-5-9(13)16-11(8)14/h1-5,10H. The van der Waals surface area contributed by atoms with Crippen molar-refractivity contribution in [1.82, 2.24) is 0 Å². The molecule has 0 radical (unpaired) electrons. The highest BCUT2D eigenvalue weighted by molar-refractivity contribution is 9.12. The average molecular weight is 445 g/mol. The third-order valence-corrected chi connectivity index (χ3v) is 5.52. The zero-order valence-corrected chi connectivity index (χ0v) is 14.2. The van der Waals surface area contributed by atoms with Crippen molar-refractivity contribution in [2.75, 3.05) is 0 Å². The topological polar surface area (TPSA) is 0 Å². The summed E-state index contributed by atoms with van der Waals surface area (Å²) in [7, 11) is 0. The number of thiophene rings is 1. The minimum absolute atomic E-state index is 0.120. The third-order valence-electron chi connectivity index (χ3n) is 2.12. The molecule has 5 heteroatoms. The Bertz CT molecular complexity index is 492. The van der Waals surface area contributed by atoms with E-state index in [1.807, 2.05) is 24.3 Å². The van der Waals surface area contributed by atoms with Crippen LogP contribution in [-0.2, 0) is 0 Å². The van der Waals surface area contributed by atoms with Gasteiger partial charge in [-0.25, -0.2) is 0 Å². The summed E-state index contributed by atoms with van der Waals surface area (Å²) in [5, 5.41) is -0.120. The smallest absolute Gasteiger partial charge is 0.0854 e. The van der Waals surface area contributed by atoms with Crippen molar-refractivity contribution in [2.45, 2.75) is 5.38 Å². The van der Waals surface area contributed by atoms with Gasteiger partial charge < -0.3 is 0 Å². The lowest BCUT2D eigenvalue weighted by Crippen LogP contribution is -1.91. The summed E-state index contributed by atoms with van der Waals surface area (Å²) in [6.45, 7) is 0. The van der Waals surface area contributed by atoms with Gasteiger partial charge in [-0.2, -0.15) is 0 Å². The first-order valence-corrected chi connectivity index (χ1v) is 8.05. The Morgan fingerprint density at radius 2 is 1.69 bits per heavy atom. The van der Waals surface area contributed by atoms with Crippen LogP contribution in [0.5, 0.6) is 0 Å². The van der Waals surface area contributed by atoms with Crippen LogP contribution in [0.1, 0.15) is 16.5 Å². The zero-order chi connectivity index (χ0) is 11.7. The van der Waals surface area contributed by atoms with E-state index in [4.69, 9.17) is 11.6 Å². The molecule has 2 rings (SSSR count). The monoisotopic (exact) mass is 442 g/mol. The molecule has 2 aromatic rings. The van der Waals surface area contributed by atoms with Crippen LogP contribution < -0.4 is 0 Å². The van der Waals surface area contributed by atoms with Crippen molar-refractivity contribution in [3.63, 3.8) is 0 Å². The number of rotatable bonds is 2. The molecule has 0 aliphatic carbocycles. The molecule has 16 heavy (non-hydrogen) atoms. The lowest BCUT2D eigenvalue weighted by molar-refractivity contribution is 1.14. The highest BCUT2D eigenvalue weighted by Gasteiger charge is 2.16. The van der Waals surface area contributed by atoms with Crippen molar-refractivity contribution in [3.05, 3.63) is 53.5 Å². The Kier molecular flexibility index (Phi) is 4.52. The maximum Gasteiger partial charge on any atom is 0.0854 e. The van der Waals surface area contributed by atoms with Gasteiger partial charge in [0.1, 0.15) is 0 Å². The zero-order valence-electron chi connectivity index (χ0n) is 7.88. The van der Waals surface area contributed by atoms with Gasteiger partial charge in [0, 0.05) is 10.0 Å². The van der Waals surface area contributed by atoms with E-state index in [0.29, 0.717) is 0 Å². The Hall–Kier alpha value is 0.650. The Labute approximate surface area is 128 Å². The quantitative estimate of drug-likeness (QED) is 0.472. The SMILES string of the molecule is ClC(c1ccc(Br)cc1)c1cc(Br)sc1Br. The molecule has 1 atom stereocenters. The number of alkyl halides is 1. The second-order valence-electron chi connectivity index (χ2n) is 3.19. The molecule has 0 aliphatic rings.